The molecule has 0 radical (unpaired) electrons. The van der Waals surface area contributed by atoms with E-state index in [9.17, 15) is 14.4 Å². The third-order valence-corrected chi connectivity index (χ3v) is 7.77. The summed E-state index contributed by atoms with van der Waals surface area (Å²) in [6.07, 6.45) is 2.96. The van der Waals surface area contributed by atoms with Crippen LogP contribution in [0.4, 0.5) is 5.69 Å². The van der Waals surface area contributed by atoms with E-state index < -0.39 is 5.97 Å². The summed E-state index contributed by atoms with van der Waals surface area (Å²) in [5.74, 6) is -0.596. The zero-order valence-corrected chi connectivity index (χ0v) is 20.0. The van der Waals surface area contributed by atoms with Crippen molar-refractivity contribution in [2.24, 2.45) is 0 Å². The lowest BCUT2D eigenvalue weighted by Crippen LogP contribution is -2.23. The van der Waals surface area contributed by atoms with Crippen molar-refractivity contribution < 1.29 is 14.3 Å². The fourth-order valence-electron chi connectivity index (χ4n) is 4.06. The first-order chi connectivity index (χ1) is 16.5. The number of aromatic nitrogens is 2. The zero-order valence-electron chi connectivity index (χ0n) is 18.4. The zero-order chi connectivity index (χ0) is 23.7. The van der Waals surface area contributed by atoms with Gasteiger partial charge in [-0.1, -0.05) is 30.0 Å². The van der Waals surface area contributed by atoms with Crippen molar-refractivity contribution in [2.75, 3.05) is 18.2 Å². The summed E-state index contributed by atoms with van der Waals surface area (Å²) in [5, 5.41) is 4.01. The number of esters is 1. The SMILES string of the molecule is COC(=O)c1ccc(NC(=O)CSc2nc3sc4c(c3c(=O)n2-c2ccccc2)CCC4)cc1. The summed E-state index contributed by atoms with van der Waals surface area (Å²) in [5.41, 5.74) is 2.74. The minimum absolute atomic E-state index is 0.0780. The predicted octanol–water partition coefficient (Wildman–Crippen LogP) is 4.45. The molecule has 0 spiro atoms. The van der Waals surface area contributed by atoms with Crippen molar-refractivity contribution in [2.45, 2.75) is 24.4 Å². The fourth-order valence-corrected chi connectivity index (χ4v) is 6.18. The van der Waals surface area contributed by atoms with Crippen LogP contribution in [0.15, 0.2) is 64.5 Å². The Balaban J connectivity index is 1.41. The fraction of sp³-hybridized carbons (Fsp3) is 0.200. The maximum Gasteiger partial charge on any atom is 0.337 e. The second kappa shape index (κ2) is 9.44. The van der Waals surface area contributed by atoms with E-state index in [1.807, 2.05) is 30.3 Å². The number of aryl methyl sites for hydroxylation is 2. The third-order valence-electron chi connectivity index (χ3n) is 5.64. The number of amides is 1. The summed E-state index contributed by atoms with van der Waals surface area (Å²) in [4.78, 5) is 44.6. The Morgan fingerprint density at radius 1 is 1.12 bits per heavy atom. The number of para-hydroxylation sites is 1. The van der Waals surface area contributed by atoms with Crippen molar-refractivity contribution in [1.82, 2.24) is 9.55 Å². The number of hydrogen-bond acceptors (Lipinski definition) is 7. The first-order valence-electron chi connectivity index (χ1n) is 10.8. The van der Waals surface area contributed by atoms with Crippen LogP contribution in [-0.2, 0) is 22.4 Å². The molecule has 0 saturated carbocycles. The van der Waals surface area contributed by atoms with Crippen LogP contribution in [0, 0.1) is 0 Å². The Labute approximate surface area is 203 Å². The Morgan fingerprint density at radius 2 is 1.88 bits per heavy atom. The first kappa shape index (κ1) is 22.4. The van der Waals surface area contributed by atoms with Gasteiger partial charge in [0.1, 0.15) is 4.83 Å². The molecule has 1 aliphatic rings. The molecule has 0 unspecified atom stereocenters. The highest BCUT2D eigenvalue weighted by Gasteiger charge is 2.24. The summed E-state index contributed by atoms with van der Waals surface area (Å²) in [7, 11) is 1.32. The molecule has 7 nitrogen and oxygen atoms in total. The number of anilines is 1. The maximum absolute atomic E-state index is 13.6. The third kappa shape index (κ3) is 4.24. The molecule has 0 fully saturated rings. The highest BCUT2D eigenvalue weighted by molar-refractivity contribution is 7.99. The van der Waals surface area contributed by atoms with E-state index in [-0.39, 0.29) is 17.2 Å². The van der Waals surface area contributed by atoms with Crippen molar-refractivity contribution >= 4 is 50.9 Å². The summed E-state index contributed by atoms with van der Waals surface area (Å²) in [6.45, 7) is 0. The largest absolute Gasteiger partial charge is 0.465 e. The lowest BCUT2D eigenvalue weighted by molar-refractivity contribution is -0.113. The number of hydrogen-bond donors (Lipinski definition) is 1. The summed E-state index contributed by atoms with van der Waals surface area (Å²) >= 11 is 2.81. The molecule has 9 heteroatoms. The van der Waals surface area contributed by atoms with Gasteiger partial charge in [-0.2, -0.15) is 0 Å². The average molecular weight is 492 g/mol. The van der Waals surface area contributed by atoms with Gasteiger partial charge >= 0.3 is 5.97 Å². The quantitative estimate of drug-likeness (QED) is 0.243. The second-order valence-corrected chi connectivity index (χ2v) is 9.84. The topological polar surface area (TPSA) is 90.3 Å². The number of methoxy groups -OCH3 is 1. The van der Waals surface area contributed by atoms with Gasteiger partial charge in [-0.3, -0.25) is 14.2 Å². The monoisotopic (exact) mass is 491 g/mol. The van der Waals surface area contributed by atoms with E-state index in [1.165, 1.54) is 23.7 Å². The number of carbonyl (C=O) groups excluding carboxylic acids is 2. The second-order valence-electron chi connectivity index (χ2n) is 7.81. The molecular weight excluding hydrogens is 470 g/mol. The summed E-state index contributed by atoms with van der Waals surface area (Å²) in [6, 6.07) is 15.9. The molecule has 0 atom stereocenters. The van der Waals surface area contributed by atoms with Gasteiger partial charge in [0, 0.05) is 10.6 Å². The molecule has 2 aromatic carbocycles. The molecule has 0 bridgehead atoms. The van der Waals surface area contributed by atoms with E-state index in [1.54, 1.807) is 40.2 Å². The number of rotatable bonds is 6. The van der Waals surface area contributed by atoms with Crippen LogP contribution in [-0.4, -0.2) is 34.3 Å². The lowest BCUT2D eigenvalue weighted by atomic mass is 10.2. The number of nitrogens with zero attached hydrogens (tertiary/aromatic N) is 2. The van der Waals surface area contributed by atoms with Gasteiger partial charge in [0.15, 0.2) is 5.16 Å². The van der Waals surface area contributed by atoms with Crippen LogP contribution in [0.5, 0.6) is 0 Å². The van der Waals surface area contributed by atoms with Crippen LogP contribution >= 0.6 is 23.1 Å². The molecule has 0 aliphatic heterocycles. The van der Waals surface area contributed by atoms with Gasteiger partial charge in [-0.15, -0.1) is 11.3 Å². The normalized spacial score (nSPS) is 12.5. The van der Waals surface area contributed by atoms with Crippen LogP contribution in [0.3, 0.4) is 0 Å². The molecule has 0 saturated heterocycles. The van der Waals surface area contributed by atoms with Gasteiger partial charge in [0.2, 0.25) is 5.91 Å². The van der Waals surface area contributed by atoms with E-state index in [2.05, 4.69) is 10.1 Å². The standard InChI is InChI=1S/C25H21N3O4S2/c1-32-24(31)15-10-12-16(13-11-15)26-20(29)14-33-25-27-22-21(18-8-5-9-19(18)34-22)23(30)28(25)17-6-3-2-4-7-17/h2-4,6-7,10-13H,5,8-9,14H2,1H3,(H,26,29). The Kier molecular flexibility index (Phi) is 6.21. The van der Waals surface area contributed by atoms with Crippen molar-refractivity contribution in [3.63, 3.8) is 0 Å². The average Bonchev–Trinajstić information content (AvgIpc) is 3.44. The molecule has 5 rings (SSSR count). The van der Waals surface area contributed by atoms with E-state index >= 15 is 0 Å². The molecule has 172 valence electrons. The number of benzene rings is 2. The molecule has 1 N–H and O–H groups in total. The van der Waals surface area contributed by atoms with Gasteiger partial charge in [-0.05, 0) is 61.2 Å². The highest BCUT2D eigenvalue weighted by atomic mass is 32.2. The summed E-state index contributed by atoms with van der Waals surface area (Å²) < 4.78 is 6.30. The smallest absolute Gasteiger partial charge is 0.337 e. The number of ether oxygens (including phenoxy) is 1. The molecule has 2 heterocycles. The lowest BCUT2D eigenvalue weighted by Gasteiger charge is -2.12. The number of nitrogens with one attached hydrogen (secondary N) is 1. The number of thioether (sulfide) groups is 1. The van der Waals surface area contributed by atoms with E-state index in [4.69, 9.17) is 4.98 Å². The maximum atomic E-state index is 13.6. The Morgan fingerprint density at radius 3 is 2.62 bits per heavy atom. The van der Waals surface area contributed by atoms with E-state index in [0.29, 0.717) is 21.8 Å². The minimum atomic E-state index is -0.437. The molecule has 4 aromatic rings. The highest BCUT2D eigenvalue weighted by Crippen LogP contribution is 2.36. The Hall–Kier alpha value is -3.43. The van der Waals surface area contributed by atoms with Crippen molar-refractivity contribution in [3.8, 4) is 5.69 Å². The number of carbonyl (C=O) groups is 2. The van der Waals surface area contributed by atoms with Gasteiger partial charge < -0.3 is 10.1 Å². The van der Waals surface area contributed by atoms with Gasteiger partial charge in [0.25, 0.3) is 5.56 Å². The minimum Gasteiger partial charge on any atom is -0.465 e. The molecule has 1 aliphatic carbocycles. The Bertz CT molecular complexity index is 1440. The van der Waals surface area contributed by atoms with E-state index in [0.717, 1.165) is 35.3 Å². The number of fused-ring (bicyclic) bond motifs is 3. The molecule has 34 heavy (non-hydrogen) atoms. The van der Waals surface area contributed by atoms with Crippen LogP contribution < -0.4 is 10.9 Å². The number of thiophene rings is 1. The molecule has 2 aromatic heterocycles. The van der Waals surface area contributed by atoms with Gasteiger partial charge in [0.05, 0.1) is 29.5 Å². The van der Waals surface area contributed by atoms with Crippen LogP contribution in [0.25, 0.3) is 15.9 Å². The molecule has 1 amide bonds. The van der Waals surface area contributed by atoms with Crippen molar-refractivity contribution in [1.29, 1.82) is 0 Å². The van der Waals surface area contributed by atoms with Crippen LogP contribution in [0.2, 0.25) is 0 Å². The molecular formula is C25H21N3O4S2. The van der Waals surface area contributed by atoms with Crippen molar-refractivity contribution in [3.05, 3.63) is 81.0 Å². The van der Waals surface area contributed by atoms with Crippen LogP contribution in [0.1, 0.15) is 27.2 Å². The first-order valence-corrected chi connectivity index (χ1v) is 12.6. The predicted molar refractivity (Wildman–Crippen MR) is 134 cm³/mol. The van der Waals surface area contributed by atoms with Gasteiger partial charge in [-0.25, -0.2) is 9.78 Å².